The predicted molar refractivity (Wildman–Crippen MR) is 94.0 cm³/mol. The molecule has 22 heavy (non-hydrogen) atoms. The highest BCUT2D eigenvalue weighted by Crippen LogP contribution is 2.36. The van der Waals surface area contributed by atoms with Crippen molar-refractivity contribution in [2.45, 2.75) is 51.7 Å². The van der Waals surface area contributed by atoms with Crippen LogP contribution in [0.25, 0.3) is 0 Å². The molecule has 0 heterocycles. The van der Waals surface area contributed by atoms with Gasteiger partial charge in [-0.1, -0.05) is 50.6 Å². The topological polar surface area (TPSA) is 46.5 Å². The van der Waals surface area contributed by atoms with Gasteiger partial charge in [0, 0.05) is 11.6 Å². The lowest BCUT2D eigenvalue weighted by Crippen LogP contribution is -2.41. The SMILES string of the molecule is CC(C)(C)[Si](C)(C)OCCC(Cc1ccccc1Cl)C(=O)O. The largest absolute Gasteiger partial charge is 0.481 e. The molecule has 0 aromatic heterocycles. The third kappa shape index (κ3) is 5.41. The molecule has 0 aliphatic carbocycles. The van der Waals surface area contributed by atoms with Gasteiger partial charge in [0.25, 0.3) is 0 Å². The highest BCUT2D eigenvalue weighted by Gasteiger charge is 2.37. The number of carbonyl (C=O) groups is 1. The van der Waals surface area contributed by atoms with Crippen molar-refractivity contribution in [3.8, 4) is 0 Å². The third-order valence-corrected chi connectivity index (χ3v) is 9.42. The predicted octanol–water partition coefficient (Wildman–Crippen LogP) is 5.00. The second kappa shape index (κ2) is 7.62. The summed E-state index contributed by atoms with van der Waals surface area (Å²) in [5.41, 5.74) is 0.879. The van der Waals surface area contributed by atoms with E-state index in [0.29, 0.717) is 24.5 Å². The first-order chi connectivity index (χ1) is 10.0. The fourth-order valence-electron chi connectivity index (χ4n) is 1.92. The van der Waals surface area contributed by atoms with Gasteiger partial charge in [-0.25, -0.2) is 0 Å². The monoisotopic (exact) mass is 342 g/mol. The van der Waals surface area contributed by atoms with Crippen molar-refractivity contribution in [3.63, 3.8) is 0 Å². The van der Waals surface area contributed by atoms with Crippen LogP contribution in [0.4, 0.5) is 0 Å². The molecule has 1 N–H and O–H groups in total. The summed E-state index contributed by atoms with van der Waals surface area (Å²) in [6, 6.07) is 7.41. The van der Waals surface area contributed by atoms with E-state index >= 15 is 0 Å². The Balaban J connectivity index is 2.64. The molecule has 0 aliphatic rings. The summed E-state index contributed by atoms with van der Waals surface area (Å²) in [4.78, 5) is 11.5. The van der Waals surface area contributed by atoms with Crippen LogP contribution in [0, 0.1) is 5.92 Å². The van der Waals surface area contributed by atoms with E-state index in [1.54, 1.807) is 6.07 Å². The van der Waals surface area contributed by atoms with Crippen molar-refractivity contribution < 1.29 is 14.3 Å². The molecular formula is C17H27ClO3Si. The maximum atomic E-state index is 11.5. The molecule has 124 valence electrons. The lowest BCUT2D eigenvalue weighted by molar-refractivity contribution is -0.142. The second-order valence-electron chi connectivity index (χ2n) is 7.23. The molecule has 1 atom stereocenters. The molecule has 0 aliphatic heterocycles. The Bertz CT molecular complexity index is 509. The van der Waals surface area contributed by atoms with E-state index in [2.05, 4.69) is 33.9 Å². The van der Waals surface area contributed by atoms with Gasteiger partial charge in [0.1, 0.15) is 0 Å². The smallest absolute Gasteiger partial charge is 0.306 e. The van der Waals surface area contributed by atoms with Gasteiger partial charge in [0.2, 0.25) is 0 Å². The molecule has 0 bridgehead atoms. The zero-order valence-corrected chi connectivity index (χ0v) is 15.9. The Morgan fingerprint density at radius 2 is 1.91 bits per heavy atom. The number of benzene rings is 1. The molecule has 0 fully saturated rings. The van der Waals surface area contributed by atoms with Crippen LogP contribution in [-0.2, 0) is 15.6 Å². The Hall–Kier alpha value is -0.843. The average molecular weight is 343 g/mol. The summed E-state index contributed by atoms with van der Waals surface area (Å²) in [5.74, 6) is -1.26. The van der Waals surface area contributed by atoms with Crippen molar-refractivity contribution in [3.05, 3.63) is 34.9 Å². The van der Waals surface area contributed by atoms with Crippen molar-refractivity contribution in [2.75, 3.05) is 6.61 Å². The molecule has 0 amide bonds. The summed E-state index contributed by atoms with van der Waals surface area (Å²) in [6.07, 6.45) is 0.947. The van der Waals surface area contributed by atoms with Gasteiger partial charge in [0.15, 0.2) is 8.32 Å². The Morgan fingerprint density at radius 3 is 2.41 bits per heavy atom. The van der Waals surface area contributed by atoms with Crippen LogP contribution in [-0.4, -0.2) is 26.0 Å². The van der Waals surface area contributed by atoms with E-state index in [-0.39, 0.29) is 5.04 Å². The van der Waals surface area contributed by atoms with E-state index in [4.69, 9.17) is 16.0 Å². The normalized spacial score (nSPS) is 13.9. The third-order valence-electron chi connectivity index (χ3n) is 4.51. The maximum absolute atomic E-state index is 11.5. The Labute approximate surface area is 139 Å². The number of carboxylic acids is 1. The second-order valence-corrected chi connectivity index (χ2v) is 12.4. The highest BCUT2D eigenvalue weighted by atomic mass is 35.5. The maximum Gasteiger partial charge on any atom is 0.306 e. The zero-order chi connectivity index (χ0) is 17.0. The first kappa shape index (κ1) is 19.2. The first-order valence-corrected chi connectivity index (χ1v) is 10.9. The van der Waals surface area contributed by atoms with Crippen molar-refractivity contribution in [2.24, 2.45) is 5.92 Å². The van der Waals surface area contributed by atoms with E-state index in [1.165, 1.54) is 0 Å². The van der Waals surface area contributed by atoms with Crippen molar-refractivity contribution >= 4 is 25.9 Å². The molecule has 1 aromatic carbocycles. The number of rotatable bonds is 7. The van der Waals surface area contributed by atoms with Crippen LogP contribution in [0.2, 0.25) is 23.2 Å². The molecule has 0 spiro atoms. The standard InChI is InChI=1S/C17H27ClO3Si/c1-17(2,3)22(4,5)21-11-10-14(16(19)20)12-13-8-6-7-9-15(13)18/h6-9,14H,10-12H2,1-5H3,(H,19,20). The minimum absolute atomic E-state index is 0.133. The molecule has 0 saturated carbocycles. The van der Waals surface area contributed by atoms with Crippen LogP contribution < -0.4 is 0 Å². The molecular weight excluding hydrogens is 316 g/mol. The van der Waals surface area contributed by atoms with Crippen molar-refractivity contribution in [1.29, 1.82) is 0 Å². The first-order valence-electron chi connectivity index (χ1n) is 7.65. The van der Waals surface area contributed by atoms with Gasteiger partial charge in [-0.2, -0.15) is 0 Å². The average Bonchev–Trinajstić information content (AvgIpc) is 2.38. The summed E-state index contributed by atoms with van der Waals surface area (Å²) >= 11 is 6.12. The molecule has 1 unspecified atom stereocenters. The number of carboxylic acid groups (broad SMARTS) is 1. The molecule has 1 aromatic rings. The minimum atomic E-state index is -1.83. The Kier molecular flexibility index (Phi) is 6.65. The van der Waals surface area contributed by atoms with Crippen LogP contribution in [0.1, 0.15) is 32.8 Å². The summed E-state index contributed by atoms with van der Waals surface area (Å²) in [6.45, 7) is 11.4. The zero-order valence-electron chi connectivity index (χ0n) is 14.1. The highest BCUT2D eigenvalue weighted by molar-refractivity contribution is 6.74. The number of hydrogen-bond donors (Lipinski definition) is 1. The molecule has 3 nitrogen and oxygen atoms in total. The van der Waals surface area contributed by atoms with Gasteiger partial charge in [-0.3, -0.25) is 4.79 Å². The lowest BCUT2D eigenvalue weighted by Gasteiger charge is -2.36. The summed E-state index contributed by atoms with van der Waals surface area (Å²) in [5, 5.41) is 10.2. The van der Waals surface area contributed by atoms with Crippen LogP contribution in [0.5, 0.6) is 0 Å². The summed E-state index contributed by atoms with van der Waals surface area (Å²) < 4.78 is 6.09. The lowest BCUT2D eigenvalue weighted by atomic mass is 9.97. The fraction of sp³-hybridized carbons (Fsp3) is 0.588. The number of halogens is 1. The van der Waals surface area contributed by atoms with Crippen LogP contribution in [0.3, 0.4) is 0 Å². The van der Waals surface area contributed by atoms with Gasteiger partial charge in [0.05, 0.1) is 5.92 Å². The fourth-order valence-corrected chi connectivity index (χ4v) is 3.19. The van der Waals surface area contributed by atoms with E-state index < -0.39 is 20.2 Å². The molecule has 0 radical (unpaired) electrons. The van der Waals surface area contributed by atoms with Crippen LogP contribution >= 0.6 is 11.6 Å². The van der Waals surface area contributed by atoms with E-state index in [0.717, 1.165) is 5.56 Å². The van der Waals surface area contributed by atoms with Crippen molar-refractivity contribution in [1.82, 2.24) is 0 Å². The number of hydrogen-bond acceptors (Lipinski definition) is 2. The quantitative estimate of drug-likeness (QED) is 0.709. The van der Waals surface area contributed by atoms with E-state index in [9.17, 15) is 9.90 Å². The van der Waals surface area contributed by atoms with Gasteiger partial charge < -0.3 is 9.53 Å². The summed E-state index contributed by atoms with van der Waals surface area (Å²) in [7, 11) is -1.83. The molecule has 1 rings (SSSR count). The van der Waals surface area contributed by atoms with Gasteiger partial charge >= 0.3 is 5.97 Å². The van der Waals surface area contributed by atoms with Gasteiger partial charge in [-0.05, 0) is 42.6 Å². The molecule has 5 heteroatoms. The Morgan fingerprint density at radius 1 is 1.32 bits per heavy atom. The van der Waals surface area contributed by atoms with Crippen LogP contribution in [0.15, 0.2) is 24.3 Å². The minimum Gasteiger partial charge on any atom is -0.481 e. The number of aliphatic carboxylic acids is 1. The van der Waals surface area contributed by atoms with Gasteiger partial charge in [-0.15, -0.1) is 0 Å². The molecule has 0 saturated heterocycles. The van der Waals surface area contributed by atoms with E-state index in [1.807, 2.05) is 18.2 Å².